The van der Waals surface area contributed by atoms with E-state index in [1.165, 1.54) is 11.1 Å². The summed E-state index contributed by atoms with van der Waals surface area (Å²) < 4.78 is 1.81. The molecule has 0 aliphatic carbocycles. The maximum absolute atomic E-state index is 4.24. The topological polar surface area (TPSA) is 34.0 Å². The van der Waals surface area contributed by atoms with Crippen molar-refractivity contribution in [3.05, 3.63) is 97.6 Å². The van der Waals surface area contributed by atoms with Crippen molar-refractivity contribution in [2.75, 3.05) is 4.90 Å². The van der Waals surface area contributed by atoms with Crippen molar-refractivity contribution in [2.24, 2.45) is 0 Å². The molecule has 0 saturated heterocycles. The first-order valence-electron chi connectivity index (χ1n) is 8.30. The fourth-order valence-corrected chi connectivity index (χ4v) is 2.72. The zero-order valence-electron chi connectivity index (χ0n) is 14.3. The average Bonchev–Trinajstić information content (AvgIpc) is 3.15. The fourth-order valence-electron chi connectivity index (χ4n) is 2.72. The van der Waals surface area contributed by atoms with Crippen molar-refractivity contribution in [1.82, 2.24) is 14.8 Å². The minimum Gasteiger partial charge on any atom is -0.321 e. The second-order valence-electron chi connectivity index (χ2n) is 5.82. The molecule has 3 aromatic rings. The van der Waals surface area contributed by atoms with Crippen LogP contribution in [0.5, 0.6) is 0 Å². The summed E-state index contributed by atoms with van der Waals surface area (Å²) >= 11 is 0. The van der Waals surface area contributed by atoms with Gasteiger partial charge in [0.15, 0.2) is 0 Å². The number of hydrogen-bond acceptors (Lipinski definition) is 3. The molecule has 4 nitrogen and oxygen atoms in total. The van der Waals surface area contributed by atoms with Crippen LogP contribution in [0.2, 0.25) is 0 Å². The van der Waals surface area contributed by atoms with Gasteiger partial charge in [-0.3, -0.25) is 0 Å². The Bertz CT molecular complexity index is 749. The first-order chi connectivity index (χ1) is 12.3. The Balaban J connectivity index is 1.91. The summed E-state index contributed by atoms with van der Waals surface area (Å²) in [5.74, 6) is 0. The zero-order chi connectivity index (χ0) is 17.5. The molecule has 4 heteroatoms. The SMILES string of the molecule is C=CCc1ccc(N(Cn2cncn2)c2ccc(CC=C)cc2)cc1. The largest absolute Gasteiger partial charge is 0.321 e. The summed E-state index contributed by atoms with van der Waals surface area (Å²) in [6.07, 6.45) is 8.87. The van der Waals surface area contributed by atoms with Gasteiger partial charge in [0.1, 0.15) is 19.3 Å². The Hall–Kier alpha value is -3.14. The van der Waals surface area contributed by atoms with Gasteiger partial charge >= 0.3 is 0 Å². The predicted octanol–water partition coefficient (Wildman–Crippen LogP) is 4.53. The molecule has 0 amide bonds. The van der Waals surface area contributed by atoms with Crippen molar-refractivity contribution in [2.45, 2.75) is 19.5 Å². The van der Waals surface area contributed by atoms with Gasteiger partial charge in [0.2, 0.25) is 0 Å². The van der Waals surface area contributed by atoms with Crippen LogP contribution in [0.25, 0.3) is 0 Å². The lowest BCUT2D eigenvalue weighted by Crippen LogP contribution is -2.21. The zero-order valence-corrected chi connectivity index (χ0v) is 14.3. The minimum absolute atomic E-state index is 0.599. The lowest BCUT2D eigenvalue weighted by atomic mass is 10.1. The first-order valence-corrected chi connectivity index (χ1v) is 8.30. The Morgan fingerprint density at radius 1 is 0.840 bits per heavy atom. The number of allylic oxidation sites excluding steroid dienone is 2. The molecule has 0 fully saturated rings. The van der Waals surface area contributed by atoms with Crippen LogP contribution in [0.4, 0.5) is 11.4 Å². The summed E-state index contributed by atoms with van der Waals surface area (Å²) in [5, 5.41) is 4.24. The van der Waals surface area contributed by atoms with Crippen molar-refractivity contribution < 1.29 is 0 Å². The van der Waals surface area contributed by atoms with Gasteiger partial charge in [0.05, 0.1) is 0 Å². The fraction of sp³-hybridized carbons (Fsp3) is 0.143. The van der Waals surface area contributed by atoms with Crippen LogP contribution < -0.4 is 4.90 Å². The van der Waals surface area contributed by atoms with Gasteiger partial charge in [-0.1, -0.05) is 36.4 Å². The highest BCUT2D eigenvalue weighted by Crippen LogP contribution is 2.27. The number of hydrogen-bond donors (Lipinski definition) is 0. The molecule has 0 radical (unpaired) electrons. The van der Waals surface area contributed by atoms with E-state index in [-0.39, 0.29) is 0 Å². The van der Waals surface area contributed by atoms with E-state index in [1.807, 2.05) is 16.8 Å². The summed E-state index contributed by atoms with van der Waals surface area (Å²) in [7, 11) is 0. The maximum atomic E-state index is 4.24. The van der Waals surface area contributed by atoms with Crippen molar-refractivity contribution in [1.29, 1.82) is 0 Å². The van der Waals surface area contributed by atoms with E-state index in [1.54, 1.807) is 12.7 Å². The van der Waals surface area contributed by atoms with E-state index in [9.17, 15) is 0 Å². The van der Waals surface area contributed by atoms with Crippen LogP contribution in [0.1, 0.15) is 11.1 Å². The molecule has 126 valence electrons. The van der Waals surface area contributed by atoms with E-state index in [4.69, 9.17) is 0 Å². The smallest absolute Gasteiger partial charge is 0.137 e. The van der Waals surface area contributed by atoms with Crippen LogP contribution in [0, 0.1) is 0 Å². The standard InChI is InChI=1S/C21H22N4/c1-3-5-18-7-11-20(12-8-18)25(17-24-16-22-15-23-24)21-13-9-19(6-4-2)10-14-21/h3-4,7-16H,1-2,5-6,17H2. The molecule has 0 unspecified atom stereocenters. The third-order valence-electron chi connectivity index (χ3n) is 4.01. The lowest BCUT2D eigenvalue weighted by Gasteiger charge is -2.25. The first kappa shape index (κ1) is 16.7. The molecule has 0 bridgehead atoms. The summed E-state index contributed by atoms with van der Waals surface area (Å²) in [6, 6.07) is 17.1. The predicted molar refractivity (Wildman–Crippen MR) is 103 cm³/mol. The third-order valence-corrected chi connectivity index (χ3v) is 4.01. The highest BCUT2D eigenvalue weighted by molar-refractivity contribution is 5.63. The molecule has 0 aliphatic rings. The Morgan fingerprint density at radius 2 is 1.36 bits per heavy atom. The molecule has 0 spiro atoms. The summed E-state index contributed by atoms with van der Waals surface area (Å²) in [4.78, 5) is 6.25. The van der Waals surface area contributed by atoms with E-state index >= 15 is 0 Å². The van der Waals surface area contributed by atoms with E-state index < -0.39 is 0 Å². The highest BCUT2D eigenvalue weighted by atomic mass is 15.4. The van der Waals surface area contributed by atoms with Crippen molar-refractivity contribution >= 4 is 11.4 Å². The normalized spacial score (nSPS) is 10.4. The van der Waals surface area contributed by atoms with Crippen LogP contribution in [-0.4, -0.2) is 14.8 Å². The molecule has 25 heavy (non-hydrogen) atoms. The van der Waals surface area contributed by atoms with Crippen LogP contribution in [-0.2, 0) is 19.5 Å². The van der Waals surface area contributed by atoms with Gasteiger partial charge in [-0.2, -0.15) is 5.10 Å². The average molecular weight is 330 g/mol. The molecule has 0 saturated carbocycles. The number of nitrogens with zero attached hydrogens (tertiary/aromatic N) is 4. The highest BCUT2D eigenvalue weighted by Gasteiger charge is 2.10. The summed E-state index contributed by atoms with van der Waals surface area (Å²) in [5.41, 5.74) is 4.72. The van der Waals surface area contributed by atoms with Gasteiger partial charge in [-0.05, 0) is 48.2 Å². The third kappa shape index (κ3) is 4.23. The Morgan fingerprint density at radius 3 is 1.76 bits per heavy atom. The summed E-state index contributed by atoms with van der Waals surface area (Å²) in [6.45, 7) is 8.20. The lowest BCUT2D eigenvalue weighted by molar-refractivity contribution is 0.621. The molecular weight excluding hydrogens is 308 g/mol. The Labute approximate surface area is 148 Å². The number of anilines is 2. The quantitative estimate of drug-likeness (QED) is 0.569. The van der Waals surface area contributed by atoms with Gasteiger partial charge in [-0.25, -0.2) is 9.67 Å². The van der Waals surface area contributed by atoms with E-state index in [2.05, 4.69) is 76.7 Å². The minimum atomic E-state index is 0.599. The molecule has 0 N–H and O–H groups in total. The molecular formula is C21H22N4. The molecule has 3 rings (SSSR count). The molecule has 1 aromatic heterocycles. The van der Waals surface area contributed by atoms with Crippen LogP contribution in [0.3, 0.4) is 0 Å². The molecule has 2 aromatic carbocycles. The van der Waals surface area contributed by atoms with Gasteiger partial charge in [0, 0.05) is 11.4 Å². The number of aromatic nitrogens is 3. The molecule has 0 aliphatic heterocycles. The van der Waals surface area contributed by atoms with Gasteiger partial charge in [-0.15, -0.1) is 13.2 Å². The van der Waals surface area contributed by atoms with E-state index in [0.717, 1.165) is 24.2 Å². The monoisotopic (exact) mass is 330 g/mol. The number of rotatable bonds is 8. The molecule has 0 atom stereocenters. The van der Waals surface area contributed by atoms with E-state index in [0.29, 0.717) is 6.67 Å². The number of benzene rings is 2. The van der Waals surface area contributed by atoms with Crippen molar-refractivity contribution in [3.8, 4) is 0 Å². The van der Waals surface area contributed by atoms with Gasteiger partial charge in [0.25, 0.3) is 0 Å². The second kappa shape index (κ2) is 8.11. The Kier molecular flexibility index (Phi) is 5.42. The maximum Gasteiger partial charge on any atom is 0.137 e. The molecule has 1 heterocycles. The van der Waals surface area contributed by atoms with Crippen LogP contribution >= 0.6 is 0 Å². The van der Waals surface area contributed by atoms with Gasteiger partial charge < -0.3 is 4.90 Å². The second-order valence-corrected chi connectivity index (χ2v) is 5.82. The van der Waals surface area contributed by atoms with Crippen molar-refractivity contribution in [3.63, 3.8) is 0 Å². The van der Waals surface area contributed by atoms with Crippen LogP contribution in [0.15, 0.2) is 86.5 Å².